The van der Waals surface area contributed by atoms with Crippen LogP contribution in [0.3, 0.4) is 0 Å². The van der Waals surface area contributed by atoms with E-state index in [9.17, 15) is 15.4 Å². The Hall–Kier alpha value is -3.36. The molecule has 118 valence electrons. The smallest absolute Gasteiger partial charge is 0.258 e. The number of fused-ring (bicyclic) bond motifs is 3. The third kappa shape index (κ3) is 2.24. The fourth-order valence-corrected chi connectivity index (χ4v) is 3.62. The number of benzene rings is 3. The molecule has 0 radical (unpaired) electrons. The molecule has 0 bridgehead atoms. The monoisotopic (exact) mass is 342 g/mol. The van der Waals surface area contributed by atoms with Crippen molar-refractivity contribution >= 4 is 39.1 Å². The van der Waals surface area contributed by atoms with Gasteiger partial charge in [0.15, 0.2) is 0 Å². The van der Waals surface area contributed by atoms with Gasteiger partial charge in [0.1, 0.15) is 6.07 Å². The number of nitrogens with zero attached hydrogens (tertiary/aromatic N) is 2. The maximum absolute atomic E-state index is 10.9. The Kier molecular flexibility index (Phi) is 3.41. The van der Waals surface area contributed by atoms with Crippen molar-refractivity contribution in [1.29, 1.82) is 5.26 Å². The van der Waals surface area contributed by atoms with E-state index in [1.54, 1.807) is 12.1 Å². The molecule has 0 heterocycles. The summed E-state index contributed by atoms with van der Waals surface area (Å²) in [5.74, 6) is 0. The molecular formula is C20H10N2O2S. The van der Waals surface area contributed by atoms with E-state index in [-0.39, 0.29) is 5.69 Å². The lowest BCUT2D eigenvalue weighted by atomic mass is 9.95. The molecule has 1 aliphatic rings. The van der Waals surface area contributed by atoms with E-state index in [2.05, 4.69) is 6.07 Å². The summed E-state index contributed by atoms with van der Waals surface area (Å²) >= 11 is 5.58. The number of hydrogen-bond donors (Lipinski definition) is 0. The largest absolute Gasteiger partial charge is 0.269 e. The Labute approximate surface area is 148 Å². The van der Waals surface area contributed by atoms with Crippen LogP contribution in [-0.4, -0.2) is 9.79 Å². The van der Waals surface area contributed by atoms with Crippen LogP contribution in [0.25, 0.3) is 16.3 Å². The zero-order valence-electron chi connectivity index (χ0n) is 12.9. The second-order valence-corrected chi connectivity index (χ2v) is 6.11. The summed E-state index contributed by atoms with van der Waals surface area (Å²) < 4.78 is 0. The number of nitriles is 1. The molecule has 4 rings (SSSR count). The number of thiocarbonyl (C=S) groups is 1. The first-order chi connectivity index (χ1) is 12.1. The standard InChI is InChI=1S/C20H10N2O2S/c21-11-17-18(13-5-8-14(9-6-13)22(23)24)16-10-7-12-3-1-2-4-15(12)19(16)20(17)25/h1-10H. The predicted octanol–water partition coefficient (Wildman–Crippen LogP) is 4.81. The van der Waals surface area contributed by atoms with Crippen molar-refractivity contribution in [2.75, 3.05) is 0 Å². The molecule has 5 heteroatoms. The molecule has 0 aliphatic heterocycles. The van der Waals surface area contributed by atoms with E-state index in [4.69, 9.17) is 12.2 Å². The lowest BCUT2D eigenvalue weighted by molar-refractivity contribution is -0.384. The summed E-state index contributed by atoms with van der Waals surface area (Å²) in [4.78, 5) is 11.0. The van der Waals surface area contributed by atoms with Gasteiger partial charge >= 0.3 is 0 Å². The lowest BCUT2D eigenvalue weighted by Crippen LogP contribution is -1.96. The van der Waals surface area contributed by atoms with E-state index in [1.807, 2.05) is 36.4 Å². The Morgan fingerprint density at radius 2 is 1.72 bits per heavy atom. The molecule has 0 N–H and O–H groups in total. The molecule has 0 fully saturated rings. The first-order valence-electron chi connectivity index (χ1n) is 7.58. The van der Waals surface area contributed by atoms with Gasteiger partial charge in [-0.2, -0.15) is 5.26 Å². The van der Waals surface area contributed by atoms with Crippen LogP contribution >= 0.6 is 12.2 Å². The number of nitro groups is 1. The molecule has 0 unspecified atom stereocenters. The minimum atomic E-state index is -0.440. The third-order valence-electron chi connectivity index (χ3n) is 4.38. The second-order valence-electron chi connectivity index (χ2n) is 5.70. The van der Waals surface area contributed by atoms with Crippen LogP contribution in [0.2, 0.25) is 0 Å². The zero-order chi connectivity index (χ0) is 17.6. The Bertz CT molecular complexity index is 1140. The average molecular weight is 342 g/mol. The van der Waals surface area contributed by atoms with Crippen LogP contribution in [0.1, 0.15) is 16.7 Å². The van der Waals surface area contributed by atoms with Gasteiger partial charge in [0.05, 0.1) is 15.4 Å². The van der Waals surface area contributed by atoms with Crippen molar-refractivity contribution in [3.63, 3.8) is 0 Å². The SMILES string of the molecule is N#CC1=C(c2ccc([N+](=O)[O-])cc2)c2ccc3ccccc3c2C1=S. The molecule has 3 aromatic carbocycles. The van der Waals surface area contributed by atoms with Crippen molar-refractivity contribution < 1.29 is 4.92 Å². The van der Waals surface area contributed by atoms with E-state index in [1.165, 1.54) is 12.1 Å². The summed E-state index contributed by atoms with van der Waals surface area (Å²) in [5.41, 5.74) is 3.73. The fourth-order valence-electron chi connectivity index (χ4n) is 3.25. The van der Waals surface area contributed by atoms with E-state index in [0.717, 1.165) is 33.0 Å². The van der Waals surface area contributed by atoms with Gasteiger partial charge in [-0.15, -0.1) is 0 Å². The van der Waals surface area contributed by atoms with Crippen LogP contribution in [-0.2, 0) is 0 Å². The molecule has 1 aliphatic carbocycles. The first kappa shape index (κ1) is 15.2. The van der Waals surface area contributed by atoms with Gasteiger partial charge < -0.3 is 0 Å². The van der Waals surface area contributed by atoms with Crippen LogP contribution in [0.15, 0.2) is 66.2 Å². The highest BCUT2D eigenvalue weighted by atomic mass is 32.1. The quantitative estimate of drug-likeness (QED) is 0.381. The van der Waals surface area contributed by atoms with Gasteiger partial charge in [-0.05, 0) is 34.0 Å². The second kappa shape index (κ2) is 5.62. The highest BCUT2D eigenvalue weighted by molar-refractivity contribution is 7.81. The van der Waals surface area contributed by atoms with E-state index >= 15 is 0 Å². The van der Waals surface area contributed by atoms with Crippen LogP contribution in [0.4, 0.5) is 5.69 Å². The minimum Gasteiger partial charge on any atom is -0.258 e. The van der Waals surface area contributed by atoms with Crippen molar-refractivity contribution in [3.05, 3.63) is 93.0 Å². The van der Waals surface area contributed by atoms with E-state index < -0.39 is 4.92 Å². The van der Waals surface area contributed by atoms with Crippen molar-refractivity contribution in [2.24, 2.45) is 0 Å². The Morgan fingerprint density at radius 3 is 2.40 bits per heavy atom. The van der Waals surface area contributed by atoms with Gasteiger partial charge in [0.2, 0.25) is 0 Å². The molecule has 25 heavy (non-hydrogen) atoms. The van der Waals surface area contributed by atoms with E-state index in [0.29, 0.717) is 10.4 Å². The molecule has 0 spiro atoms. The Morgan fingerprint density at radius 1 is 1.00 bits per heavy atom. The van der Waals surface area contributed by atoms with Crippen molar-refractivity contribution in [2.45, 2.75) is 0 Å². The molecule has 4 nitrogen and oxygen atoms in total. The summed E-state index contributed by atoms with van der Waals surface area (Å²) in [6, 6.07) is 20.3. The van der Waals surface area contributed by atoms with Gasteiger partial charge in [-0.3, -0.25) is 10.1 Å². The van der Waals surface area contributed by atoms with Crippen LogP contribution in [0, 0.1) is 21.4 Å². The predicted molar refractivity (Wildman–Crippen MR) is 100 cm³/mol. The lowest BCUT2D eigenvalue weighted by Gasteiger charge is -2.08. The molecule has 3 aromatic rings. The van der Waals surface area contributed by atoms with Crippen molar-refractivity contribution in [1.82, 2.24) is 0 Å². The first-order valence-corrected chi connectivity index (χ1v) is 7.98. The maximum atomic E-state index is 10.9. The average Bonchev–Trinajstić information content (AvgIpc) is 2.94. The van der Waals surface area contributed by atoms with Gasteiger partial charge in [-0.1, -0.05) is 48.6 Å². The summed E-state index contributed by atoms with van der Waals surface area (Å²) in [6.07, 6.45) is 0. The molecule has 0 saturated carbocycles. The summed E-state index contributed by atoms with van der Waals surface area (Å²) in [7, 11) is 0. The zero-order valence-corrected chi connectivity index (χ0v) is 13.7. The highest BCUT2D eigenvalue weighted by Crippen LogP contribution is 2.41. The van der Waals surface area contributed by atoms with Gasteiger partial charge in [0, 0.05) is 23.3 Å². The topological polar surface area (TPSA) is 66.9 Å². The van der Waals surface area contributed by atoms with Gasteiger partial charge in [-0.25, -0.2) is 0 Å². The van der Waals surface area contributed by atoms with Crippen LogP contribution in [0.5, 0.6) is 0 Å². The maximum Gasteiger partial charge on any atom is 0.269 e. The number of hydrogen-bond acceptors (Lipinski definition) is 4. The normalized spacial score (nSPS) is 13.0. The van der Waals surface area contributed by atoms with Crippen molar-refractivity contribution in [3.8, 4) is 6.07 Å². The molecule has 0 amide bonds. The fraction of sp³-hybridized carbons (Fsp3) is 0. The number of allylic oxidation sites excluding steroid dienone is 1. The molecular weight excluding hydrogens is 332 g/mol. The molecule has 0 saturated heterocycles. The molecule has 0 aromatic heterocycles. The minimum absolute atomic E-state index is 0.0159. The Balaban J connectivity index is 1.98. The summed E-state index contributed by atoms with van der Waals surface area (Å²) in [6.45, 7) is 0. The van der Waals surface area contributed by atoms with Crippen LogP contribution < -0.4 is 0 Å². The number of nitro benzene ring substituents is 1. The highest BCUT2D eigenvalue weighted by Gasteiger charge is 2.29. The number of non-ortho nitro benzene ring substituents is 1. The third-order valence-corrected chi connectivity index (χ3v) is 4.79. The van der Waals surface area contributed by atoms with Gasteiger partial charge in [0.25, 0.3) is 5.69 Å². The number of rotatable bonds is 2. The molecule has 0 atom stereocenters. The summed E-state index contributed by atoms with van der Waals surface area (Å²) in [5, 5.41) is 22.6.